The minimum atomic E-state index is -0.256. The summed E-state index contributed by atoms with van der Waals surface area (Å²) in [6.07, 6.45) is 5.74. The van der Waals surface area contributed by atoms with Crippen molar-refractivity contribution in [2.24, 2.45) is 0 Å². The smallest absolute Gasteiger partial charge is 0.410 e. The Labute approximate surface area is 245 Å². The van der Waals surface area contributed by atoms with Crippen LogP contribution < -0.4 is 10.6 Å². The number of carbonyl (C=O) groups is 1. The van der Waals surface area contributed by atoms with Gasteiger partial charge in [-0.05, 0) is 54.8 Å². The summed E-state index contributed by atoms with van der Waals surface area (Å²) < 4.78 is 22.1. The Morgan fingerprint density at radius 2 is 2.07 bits per heavy atom. The molecule has 1 amide bonds. The third kappa shape index (κ3) is 5.64. The summed E-state index contributed by atoms with van der Waals surface area (Å²) in [7, 11) is 0. The monoisotopic (exact) mass is 581 g/mol. The number of likely N-dealkylation sites (tertiary alicyclic amines) is 1. The summed E-state index contributed by atoms with van der Waals surface area (Å²) in [6.45, 7) is 2.66. The van der Waals surface area contributed by atoms with E-state index >= 15 is 0 Å². The number of ether oxygens (including phenoxy) is 1. The highest BCUT2D eigenvalue weighted by molar-refractivity contribution is 7.20. The van der Waals surface area contributed by atoms with Gasteiger partial charge in [-0.1, -0.05) is 24.0 Å². The molecule has 0 radical (unpaired) electrons. The van der Waals surface area contributed by atoms with E-state index in [4.69, 9.17) is 4.74 Å². The van der Waals surface area contributed by atoms with Crippen molar-refractivity contribution in [2.75, 3.05) is 25.0 Å². The molecule has 42 heavy (non-hydrogen) atoms. The maximum absolute atomic E-state index is 13.6. The fourth-order valence-electron chi connectivity index (χ4n) is 5.42. The molecule has 2 N–H and O–H groups in total. The maximum atomic E-state index is 13.6. The zero-order valence-electron chi connectivity index (χ0n) is 22.7. The van der Waals surface area contributed by atoms with Crippen molar-refractivity contribution in [3.63, 3.8) is 0 Å². The summed E-state index contributed by atoms with van der Waals surface area (Å²) in [6, 6.07) is 14.5. The quantitative estimate of drug-likeness (QED) is 0.273. The molecule has 2 aromatic carbocycles. The number of nitrogens with zero attached hydrogens (tertiary/aromatic N) is 5. The lowest BCUT2D eigenvalue weighted by Crippen LogP contribution is -2.32. The lowest BCUT2D eigenvalue weighted by atomic mass is 10.2. The zero-order valence-corrected chi connectivity index (χ0v) is 23.5. The lowest BCUT2D eigenvalue weighted by molar-refractivity contribution is 0.0763. The van der Waals surface area contributed by atoms with E-state index in [1.165, 1.54) is 23.5 Å². The van der Waals surface area contributed by atoms with Crippen LogP contribution in [0.1, 0.15) is 29.7 Å². The van der Waals surface area contributed by atoms with Crippen LogP contribution in [0.15, 0.2) is 61.1 Å². The maximum Gasteiger partial charge on any atom is 0.410 e. The second-order valence-corrected chi connectivity index (χ2v) is 11.6. The number of aromatic nitrogens is 4. The molecule has 212 valence electrons. The highest BCUT2D eigenvalue weighted by Crippen LogP contribution is 2.31. The molecule has 2 aliphatic heterocycles. The van der Waals surface area contributed by atoms with Gasteiger partial charge >= 0.3 is 6.09 Å². The summed E-state index contributed by atoms with van der Waals surface area (Å²) in [5.74, 6) is 7.01. The minimum Gasteiger partial charge on any atom is -0.445 e. The molecule has 0 aliphatic carbocycles. The van der Waals surface area contributed by atoms with Crippen molar-refractivity contribution >= 4 is 50.1 Å². The number of benzene rings is 2. The van der Waals surface area contributed by atoms with Crippen molar-refractivity contribution in [1.82, 2.24) is 30.0 Å². The van der Waals surface area contributed by atoms with Crippen LogP contribution in [-0.4, -0.2) is 62.5 Å². The molecule has 11 heteroatoms. The fraction of sp³-hybridized carbons (Fsp3) is 0.290. The minimum absolute atomic E-state index is 0.0381. The SMILES string of the molecule is O=C(OC1CNC(C#Cc2cc3ncnc(Nc4ccc5c(cnn5Cc5cccc(F)c5)c4)c3s2)C1)N1CCCC1. The molecule has 3 aromatic heterocycles. The van der Waals surface area contributed by atoms with Gasteiger partial charge in [0.25, 0.3) is 0 Å². The summed E-state index contributed by atoms with van der Waals surface area (Å²) in [5.41, 5.74) is 3.51. The van der Waals surface area contributed by atoms with Crippen molar-refractivity contribution < 1.29 is 13.9 Å². The van der Waals surface area contributed by atoms with Crippen molar-refractivity contribution in [3.05, 3.63) is 77.3 Å². The van der Waals surface area contributed by atoms with Gasteiger partial charge in [0.2, 0.25) is 0 Å². The van der Waals surface area contributed by atoms with Gasteiger partial charge in [0.1, 0.15) is 18.2 Å². The standard InChI is InChI=1S/C31H28FN7O2S/c32-22-5-3-4-20(12-22)18-39-28-9-7-24(13-21(28)16-36-39)37-30-29-27(34-19-35-30)15-26(42-29)8-6-23-14-25(17-33-23)41-31(40)38-10-1-2-11-38/h3-5,7,9,12-13,15-16,19,23,25,33H,1-2,10-11,14,17-18H2,(H,34,35,37). The normalized spacial score (nSPS) is 18.4. The van der Waals surface area contributed by atoms with E-state index in [2.05, 4.69) is 37.5 Å². The van der Waals surface area contributed by atoms with Crippen LogP contribution in [0, 0.1) is 17.7 Å². The molecular weight excluding hydrogens is 553 g/mol. The van der Waals surface area contributed by atoms with Gasteiger partial charge in [0, 0.05) is 37.1 Å². The summed E-state index contributed by atoms with van der Waals surface area (Å²) in [5, 5.41) is 12.3. The Morgan fingerprint density at radius 3 is 2.95 bits per heavy atom. The van der Waals surface area contributed by atoms with E-state index in [0.29, 0.717) is 25.3 Å². The first-order valence-corrected chi connectivity index (χ1v) is 14.8. The molecular formula is C31H28FN7O2S. The van der Waals surface area contributed by atoms with E-state index in [9.17, 15) is 9.18 Å². The molecule has 2 fully saturated rings. The van der Waals surface area contributed by atoms with E-state index in [-0.39, 0.29) is 24.1 Å². The van der Waals surface area contributed by atoms with Gasteiger partial charge in [-0.2, -0.15) is 5.10 Å². The Kier molecular flexibility index (Phi) is 7.15. The Hall–Kier alpha value is -4.53. The highest BCUT2D eigenvalue weighted by Gasteiger charge is 2.28. The summed E-state index contributed by atoms with van der Waals surface area (Å²) >= 11 is 1.54. The molecule has 5 heterocycles. The molecule has 2 saturated heterocycles. The largest absolute Gasteiger partial charge is 0.445 e. The molecule has 0 saturated carbocycles. The van der Waals surface area contributed by atoms with Gasteiger partial charge in [0.05, 0.1) is 39.4 Å². The number of carbonyl (C=O) groups excluding carboxylic acids is 1. The van der Waals surface area contributed by atoms with Crippen LogP contribution in [0.5, 0.6) is 0 Å². The average Bonchev–Trinajstić information content (AvgIpc) is 3.79. The summed E-state index contributed by atoms with van der Waals surface area (Å²) in [4.78, 5) is 23.9. The number of nitrogens with one attached hydrogen (secondary N) is 2. The van der Waals surface area contributed by atoms with Gasteiger partial charge in [-0.15, -0.1) is 11.3 Å². The third-order valence-corrected chi connectivity index (χ3v) is 8.58. The van der Waals surface area contributed by atoms with Crippen LogP contribution in [0.25, 0.3) is 21.1 Å². The lowest BCUT2D eigenvalue weighted by Gasteiger charge is -2.18. The first-order chi connectivity index (χ1) is 20.6. The van der Waals surface area contributed by atoms with Crippen molar-refractivity contribution in [1.29, 1.82) is 0 Å². The van der Waals surface area contributed by atoms with E-state index < -0.39 is 0 Å². The van der Waals surface area contributed by atoms with Crippen LogP contribution in [0.3, 0.4) is 0 Å². The fourth-order valence-corrected chi connectivity index (χ4v) is 6.34. The number of halogens is 1. The van der Waals surface area contributed by atoms with Gasteiger partial charge in [-0.25, -0.2) is 19.2 Å². The van der Waals surface area contributed by atoms with Gasteiger partial charge < -0.3 is 15.0 Å². The average molecular weight is 582 g/mol. The second kappa shape index (κ2) is 11.4. The molecule has 2 aliphatic rings. The predicted molar refractivity (Wildman–Crippen MR) is 160 cm³/mol. The Balaban J connectivity index is 1.03. The van der Waals surface area contributed by atoms with E-state index in [1.807, 2.05) is 41.2 Å². The number of rotatable bonds is 5. The van der Waals surface area contributed by atoms with Gasteiger partial charge in [-0.3, -0.25) is 10.00 Å². The topological polar surface area (TPSA) is 97.2 Å². The molecule has 0 bridgehead atoms. The number of anilines is 2. The second-order valence-electron chi connectivity index (χ2n) is 10.5. The van der Waals surface area contributed by atoms with Crippen LogP contribution in [0.2, 0.25) is 0 Å². The molecule has 5 aromatic rings. The molecule has 9 nitrogen and oxygen atoms in total. The Morgan fingerprint density at radius 1 is 1.17 bits per heavy atom. The highest BCUT2D eigenvalue weighted by atomic mass is 32.1. The number of hydrogen-bond donors (Lipinski definition) is 2. The number of fused-ring (bicyclic) bond motifs is 2. The van der Waals surface area contributed by atoms with Crippen LogP contribution >= 0.6 is 11.3 Å². The van der Waals surface area contributed by atoms with Crippen molar-refractivity contribution in [2.45, 2.75) is 38.0 Å². The first kappa shape index (κ1) is 26.4. The number of thiophene rings is 1. The molecule has 0 spiro atoms. The molecule has 2 atom stereocenters. The van der Waals surface area contributed by atoms with E-state index in [1.54, 1.807) is 17.3 Å². The predicted octanol–water partition coefficient (Wildman–Crippen LogP) is 5.29. The first-order valence-electron chi connectivity index (χ1n) is 14.0. The Bertz CT molecular complexity index is 1840. The van der Waals surface area contributed by atoms with Crippen LogP contribution in [0.4, 0.5) is 20.7 Å². The number of amides is 1. The van der Waals surface area contributed by atoms with Gasteiger partial charge in [0.15, 0.2) is 5.82 Å². The molecule has 7 rings (SSSR count). The number of hydrogen-bond acceptors (Lipinski definition) is 8. The van der Waals surface area contributed by atoms with Crippen LogP contribution in [-0.2, 0) is 11.3 Å². The van der Waals surface area contributed by atoms with Crippen molar-refractivity contribution in [3.8, 4) is 11.8 Å². The third-order valence-electron chi connectivity index (χ3n) is 7.53. The van der Waals surface area contributed by atoms with E-state index in [0.717, 1.165) is 63.2 Å². The molecule has 2 unspecified atom stereocenters. The zero-order chi connectivity index (χ0) is 28.5.